The zero-order chi connectivity index (χ0) is 19.5. The molecule has 140 valence electrons. The van der Waals surface area contributed by atoms with Crippen LogP contribution >= 0.6 is 0 Å². The van der Waals surface area contributed by atoms with Gasteiger partial charge in [-0.2, -0.15) is 0 Å². The Bertz CT molecular complexity index is 990. The molecule has 0 spiro atoms. The normalized spacial score (nSPS) is 17.4. The third kappa shape index (κ3) is 3.47. The highest BCUT2D eigenvalue weighted by atomic mass is 14.4. The molecule has 0 N–H and O–H groups in total. The monoisotopic (exact) mass is 364 g/mol. The fraction of sp³-hybridized carbons (Fsp3) is 0.214. The summed E-state index contributed by atoms with van der Waals surface area (Å²) in [6, 6.07) is 30.5. The number of benzene rings is 3. The summed E-state index contributed by atoms with van der Waals surface area (Å²) < 4.78 is 0. The van der Waals surface area contributed by atoms with Crippen LogP contribution in [0.2, 0.25) is 0 Å². The second kappa shape index (κ2) is 8.02. The fourth-order valence-corrected chi connectivity index (χ4v) is 4.58. The first-order valence-corrected chi connectivity index (χ1v) is 10.3. The summed E-state index contributed by atoms with van der Waals surface area (Å²) in [4.78, 5) is 0. The van der Waals surface area contributed by atoms with Crippen molar-refractivity contribution in [2.24, 2.45) is 5.92 Å². The minimum Gasteiger partial charge on any atom is -0.0723 e. The van der Waals surface area contributed by atoms with Crippen LogP contribution in [0, 0.1) is 5.92 Å². The molecule has 0 amide bonds. The Morgan fingerprint density at radius 1 is 0.750 bits per heavy atom. The van der Waals surface area contributed by atoms with E-state index in [-0.39, 0.29) is 5.92 Å². The van der Waals surface area contributed by atoms with E-state index in [0.29, 0.717) is 11.8 Å². The van der Waals surface area contributed by atoms with Crippen molar-refractivity contribution in [2.75, 3.05) is 0 Å². The van der Waals surface area contributed by atoms with Crippen LogP contribution in [0.3, 0.4) is 0 Å². The van der Waals surface area contributed by atoms with Gasteiger partial charge in [0.2, 0.25) is 0 Å². The van der Waals surface area contributed by atoms with Gasteiger partial charge >= 0.3 is 0 Å². The van der Waals surface area contributed by atoms with Gasteiger partial charge in [-0.15, -0.1) is 0 Å². The van der Waals surface area contributed by atoms with Crippen LogP contribution in [0.5, 0.6) is 0 Å². The Balaban J connectivity index is 1.86. The van der Waals surface area contributed by atoms with Gasteiger partial charge in [0.15, 0.2) is 0 Å². The maximum absolute atomic E-state index is 2.39. The third-order valence-electron chi connectivity index (χ3n) is 5.85. The van der Waals surface area contributed by atoms with Crippen LogP contribution in [0.25, 0.3) is 11.6 Å². The lowest BCUT2D eigenvalue weighted by atomic mass is 9.81. The van der Waals surface area contributed by atoms with Gasteiger partial charge in [-0.1, -0.05) is 118 Å². The molecule has 0 saturated carbocycles. The van der Waals surface area contributed by atoms with Gasteiger partial charge in [-0.3, -0.25) is 0 Å². The summed E-state index contributed by atoms with van der Waals surface area (Å²) >= 11 is 0. The van der Waals surface area contributed by atoms with Gasteiger partial charge in [0.1, 0.15) is 0 Å². The highest BCUT2D eigenvalue weighted by Crippen LogP contribution is 2.50. The second-order valence-corrected chi connectivity index (χ2v) is 7.99. The summed E-state index contributed by atoms with van der Waals surface area (Å²) in [6.07, 6.45) is 4.67. The highest BCUT2D eigenvalue weighted by molar-refractivity contribution is 5.81. The first kappa shape index (κ1) is 18.5. The van der Waals surface area contributed by atoms with Gasteiger partial charge in [-0.05, 0) is 39.3 Å². The molecule has 0 bridgehead atoms. The Morgan fingerprint density at radius 2 is 1.36 bits per heavy atom. The van der Waals surface area contributed by atoms with Gasteiger partial charge in [0.05, 0.1) is 0 Å². The molecule has 0 aliphatic heterocycles. The largest absolute Gasteiger partial charge is 0.0723 e. The van der Waals surface area contributed by atoms with Crippen LogP contribution in [0.15, 0.2) is 96.6 Å². The predicted octanol–water partition coefficient (Wildman–Crippen LogP) is 7.71. The minimum atomic E-state index is 0.279. The lowest BCUT2D eigenvalue weighted by molar-refractivity contribution is 0.795. The van der Waals surface area contributed by atoms with Crippen LogP contribution in [-0.4, -0.2) is 0 Å². The van der Waals surface area contributed by atoms with Gasteiger partial charge < -0.3 is 0 Å². The summed E-state index contributed by atoms with van der Waals surface area (Å²) in [7, 11) is 0. The molecular weight excluding hydrogens is 336 g/mol. The molecule has 0 aromatic heterocycles. The van der Waals surface area contributed by atoms with Crippen LogP contribution < -0.4 is 0 Å². The third-order valence-corrected chi connectivity index (χ3v) is 5.85. The number of hydrogen-bond acceptors (Lipinski definition) is 0. The lowest BCUT2D eigenvalue weighted by Gasteiger charge is -2.23. The van der Waals surface area contributed by atoms with Crippen LogP contribution in [0.4, 0.5) is 0 Å². The first-order valence-electron chi connectivity index (χ1n) is 10.3. The maximum Gasteiger partial charge on any atom is 0.0243 e. The van der Waals surface area contributed by atoms with Gasteiger partial charge in [0.25, 0.3) is 0 Å². The van der Waals surface area contributed by atoms with Crippen molar-refractivity contribution in [3.63, 3.8) is 0 Å². The minimum absolute atomic E-state index is 0.279. The van der Waals surface area contributed by atoms with Gasteiger partial charge in [-0.25, -0.2) is 0 Å². The number of fused-ring (bicyclic) bond motifs is 1. The molecule has 4 rings (SSSR count). The fourth-order valence-electron chi connectivity index (χ4n) is 4.58. The first-order chi connectivity index (χ1) is 13.7. The standard InChI is InChI=1S/C28H28/c1-20(2)27-26-17-11-10-16-24(26)21(3)28(27)25(23-14-8-5-9-15-23)19-18-22-12-6-4-7-13-22/h4-21,25H,1-3H3/b19-18+. The van der Waals surface area contributed by atoms with Crippen molar-refractivity contribution in [3.8, 4) is 0 Å². The average Bonchev–Trinajstić information content (AvgIpc) is 3.03. The Morgan fingerprint density at radius 3 is 2.04 bits per heavy atom. The van der Waals surface area contributed by atoms with Crippen molar-refractivity contribution in [1.82, 2.24) is 0 Å². The smallest absolute Gasteiger partial charge is 0.0243 e. The molecule has 0 heteroatoms. The molecule has 0 heterocycles. The number of allylic oxidation sites excluding steroid dienone is 3. The SMILES string of the molecule is CC(C)C1=C(C(/C=C/c2ccccc2)c2ccccc2)C(C)c2ccccc21. The maximum atomic E-state index is 2.39. The Labute approximate surface area is 169 Å². The number of hydrogen-bond donors (Lipinski definition) is 0. The van der Waals surface area contributed by atoms with Crippen LogP contribution in [0.1, 0.15) is 54.9 Å². The van der Waals surface area contributed by atoms with E-state index in [1.807, 2.05) is 0 Å². The van der Waals surface area contributed by atoms with E-state index in [0.717, 1.165) is 0 Å². The Hall–Kier alpha value is -2.86. The topological polar surface area (TPSA) is 0 Å². The van der Waals surface area contributed by atoms with E-state index >= 15 is 0 Å². The van der Waals surface area contributed by atoms with Crippen molar-refractivity contribution in [1.29, 1.82) is 0 Å². The van der Waals surface area contributed by atoms with E-state index in [4.69, 9.17) is 0 Å². The highest BCUT2D eigenvalue weighted by Gasteiger charge is 2.33. The second-order valence-electron chi connectivity index (χ2n) is 7.99. The predicted molar refractivity (Wildman–Crippen MR) is 121 cm³/mol. The molecule has 0 radical (unpaired) electrons. The van der Waals surface area contributed by atoms with Crippen LogP contribution in [-0.2, 0) is 0 Å². The van der Waals surface area contributed by atoms with Crippen molar-refractivity contribution in [3.05, 3.63) is 119 Å². The van der Waals surface area contributed by atoms with E-state index in [9.17, 15) is 0 Å². The average molecular weight is 365 g/mol. The Kier molecular flexibility index (Phi) is 5.30. The summed E-state index contributed by atoms with van der Waals surface area (Å²) in [5.41, 5.74) is 8.59. The summed E-state index contributed by atoms with van der Waals surface area (Å²) in [5, 5.41) is 0. The summed E-state index contributed by atoms with van der Waals surface area (Å²) in [5.74, 6) is 1.21. The van der Waals surface area contributed by atoms with Gasteiger partial charge in [0, 0.05) is 11.8 Å². The molecule has 3 aromatic rings. The zero-order valence-corrected chi connectivity index (χ0v) is 17.0. The summed E-state index contributed by atoms with van der Waals surface area (Å²) in [6.45, 7) is 7.02. The van der Waals surface area contributed by atoms with Crippen molar-refractivity contribution < 1.29 is 0 Å². The molecule has 0 nitrogen and oxygen atoms in total. The molecule has 2 atom stereocenters. The molecule has 0 saturated heterocycles. The molecule has 1 aliphatic carbocycles. The molecule has 2 unspecified atom stereocenters. The van der Waals surface area contributed by atoms with Crippen molar-refractivity contribution in [2.45, 2.75) is 32.6 Å². The van der Waals surface area contributed by atoms with E-state index < -0.39 is 0 Å². The molecule has 3 aromatic carbocycles. The molecule has 1 aliphatic rings. The van der Waals surface area contributed by atoms with E-state index in [1.54, 1.807) is 5.57 Å². The molecular formula is C28H28. The quantitative estimate of drug-likeness (QED) is 0.435. The van der Waals surface area contributed by atoms with E-state index in [2.05, 4.69) is 118 Å². The molecule has 28 heavy (non-hydrogen) atoms. The van der Waals surface area contributed by atoms with Crippen molar-refractivity contribution >= 4 is 11.6 Å². The van der Waals surface area contributed by atoms with E-state index in [1.165, 1.54) is 27.8 Å². The zero-order valence-electron chi connectivity index (χ0n) is 17.0. The number of rotatable bonds is 5. The lowest BCUT2D eigenvalue weighted by Crippen LogP contribution is -2.06. The molecule has 0 fully saturated rings.